The number of benzene rings is 2. The van der Waals surface area contributed by atoms with E-state index in [4.69, 9.17) is 0 Å². The van der Waals surface area contributed by atoms with Gasteiger partial charge in [0.1, 0.15) is 6.33 Å². The first-order valence-electron chi connectivity index (χ1n) is 11.1. The number of rotatable bonds is 4. The lowest BCUT2D eigenvalue weighted by Crippen LogP contribution is -2.44. The number of carbonyl (C=O) groups excluding carboxylic acids is 2. The van der Waals surface area contributed by atoms with Crippen molar-refractivity contribution in [1.82, 2.24) is 20.2 Å². The molecule has 0 radical (unpaired) electrons. The molecule has 2 fully saturated rings. The molecular formula is C25H25N5O2S. The maximum absolute atomic E-state index is 11.9. The van der Waals surface area contributed by atoms with Gasteiger partial charge >= 0.3 is 0 Å². The molecule has 7 nitrogen and oxygen atoms in total. The van der Waals surface area contributed by atoms with Gasteiger partial charge in [0.15, 0.2) is 0 Å². The minimum Gasteiger partial charge on any atom is -0.369 e. The zero-order chi connectivity index (χ0) is 22.9. The average Bonchev–Trinajstić information content (AvgIpc) is 3.15. The second-order valence-corrected chi connectivity index (χ2v) is 9.35. The molecule has 2 aromatic carbocycles. The largest absolute Gasteiger partial charge is 0.369 e. The van der Waals surface area contributed by atoms with Gasteiger partial charge in [0.05, 0.1) is 16.1 Å². The van der Waals surface area contributed by atoms with E-state index in [1.54, 1.807) is 12.4 Å². The molecule has 1 aromatic heterocycles. The molecule has 2 aliphatic heterocycles. The topological polar surface area (TPSA) is 78.4 Å². The molecule has 168 valence electrons. The molecule has 5 rings (SSSR count). The third-order valence-corrected chi connectivity index (χ3v) is 6.99. The highest BCUT2D eigenvalue weighted by Gasteiger charge is 2.25. The molecule has 0 atom stereocenters. The lowest BCUT2D eigenvalue weighted by atomic mass is 9.99. The summed E-state index contributed by atoms with van der Waals surface area (Å²) in [6.45, 7) is 6.40. The summed E-state index contributed by atoms with van der Waals surface area (Å²) in [7, 11) is 2.17. The number of carbonyl (C=O) groups is 2. The summed E-state index contributed by atoms with van der Waals surface area (Å²) in [4.78, 5) is 37.7. The van der Waals surface area contributed by atoms with Gasteiger partial charge in [-0.25, -0.2) is 9.97 Å². The number of aromatic nitrogens is 2. The molecule has 0 aliphatic carbocycles. The Kier molecular flexibility index (Phi) is 5.86. The highest BCUT2D eigenvalue weighted by atomic mass is 32.2. The number of hydrogen-bond acceptors (Lipinski definition) is 7. The van der Waals surface area contributed by atoms with Crippen molar-refractivity contribution < 1.29 is 9.59 Å². The lowest BCUT2D eigenvalue weighted by molar-refractivity contribution is -0.115. The zero-order valence-corrected chi connectivity index (χ0v) is 19.5. The number of nitrogens with one attached hydrogen (secondary N) is 1. The van der Waals surface area contributed by atoms with E-state index in [1.807, 2.05) is 18.2 Å². The van der Waals surface area contributed by atoms with Crippen molar-refractivity contribution in [2.75, 3.05) is 38.1 Å². The van der Waals surface area contributed by atoms with Gasteiger partial charge in [-0.15, -0.1) is 0 Å². The number of fused-ring (bicyclic) bond motifs is 1. The van der Waals surface area contributed by atoms with Gasteiger partial charge < -0.3 is 9.80 Å². The Hall–Kier alpha value is -3.23. The number of aryl methyl sites for hydroxylation is 1. The molecule has 1 N–H and O–H groups in total. The number of anilines is 1. The fraction of sp³-hybridized carbons (Fsp3) is 0.280. The Morgan fingerprint density at radius 2 is 1.88 bits per heavy atom. The van der Waals surface area contributed by atoms with Gasteiger partial charge in [-0.05, 0) is 66.7 Å². The van der Waals surface area contributed by atoms with Gasteiger partial charge in [-0.2, -0.15) is 0 Å². The molecule has 2 amide bonds. The van der Waals surface area contributed by atoms with Crippen LogP contribution in [0.2, 0.25) is 0 Å². The second-order valence-electron chi connectivity index (χ2n) is 8.34. The fourth-order valence-electron chi connectivity index (χ4n) is 4.34. The minimum absolute atomic E-state index is 0.344. The van der Waals surface area contributed by atoms with Crippen LogP contribution in [0.25, 0.3) is 28.2 Å². The number of likely N-dealkylation sites (N-methyl/N-ethyl adjacent to an activating group) is 1. The molecule has 0 spiro atoms. The summed E-state index contributed by atoms with van der Waals surface area (Å²) < 4.78 is 0. The molecule has 0 bridgehead atoms. The van der Waals surface area contributed by atoms with Gasteiger partial charge in [0.2, 0.25) is 0 Å². The van der Waals surface area contributed by atoms with Gasteiger partial charge in [-0.3, -0.25) is 14.9 Å². The van der Waals surface area contributed by atoms with Gasteiger partial charge in [0.25, 0.3) is 11.1 Å². The first-order chi connectivity index (χ1) is 16.0. The van der Waals surface area contributed by atoms with Gasteiger partial charge in [0, 0.05) is 42.8 Å². The maximum atomic E-state index is 11.9. The molecule has 33 heavy (non-hydrogen) atoms. The molecule has 3 aromatic rings. The standard InChI is InChI=1S/C25H25N5O2S/c1-3-17-14-18(5-7-21(17)30-10-8-29(2)9-11-30)23-19-12-16(4-6-20(19)26-15-27-23)13-22-24(31)28-25(32)33-22/h4-7,12-15H,3,8-11H2,1-2H3,(H,28,31,32). The van der Waals surface area contributed by atoms with Crippen molar-refractivity contribution >= 4 is 45.6 Å². The van der Waals surface area contributed by atoms with Crippen LogP contribution in [-0.2, 0) is 11.2 Å². The van der Waals surface area contributed by atoms with E-state index in [-0.39, 0.29) is 11.1 Å². The van der Waals surface area contributed by atoms with Crippen LogP contribution in [0.1, 0.15) is 18.1 Å². The Balaban J connectivity index is 1.53. The quantitative estimate of drug-likeness (QED) is 0.592. The summed E-state index contributed by atoms with van der Waals surface area (Å²) in [6, 6.07) is 12.4. The van der Waals surface area contributed by atoms with Crippen LogP contribution in [0.5, 0.6) is 0 Å². The fourth-order valence-corrected chi connectivity index (χ4v) is 5.02. The van der Waals surface area contributed by atoms with E-state index in [0.717, 1.165) is 72.1 Å². The third-order valence-electron chi connectivity index (χ3n) is 6.18. The Bertz CT molecular complexity index is 1280. The van der Waals surface area contributed by atoms with Crippen LogP contribution >= 0.6 is 11.8 Å². The predicted octanol–water partition coefficient (Wildman–Crippen LogP) is 3.93. The summed E-state index contributed by atoms with van der Waals surface area (Å²) >= 11 is 0.917. The van der Waals surface area contributed by atoms with Crippen LogP contribution in [0.4, 0.5) is 10.5 Å². The van der Waals surface area contributed by atoms with Crippen LogP contribution in [0.3, 0.4) is 0 Å². The second kappa shape index (κ2) is 8.96. The molecule has 3 heterocycles. The van der Waals surface area contributed by atoms with Gasteiger partial charge in [-0.1, -0.05) is 19.1 Å². The SMILES string of the molecule is CCc1cc(-c2ncnc3ccc(C=C4SC(=O)NC4=O)cc23)ccc1N1CCN(C)CC1. The van der Waals surface area contributed by atoms with Crippen LogP contribution in [-0.4, -0.2) is 59.2 Å². The number of nitrogens with zero attached hydrogens (tertiary/aromatic N) is 4. The third kappa shape index (κ3) is 4.36. The predicted molar refractivity (Wildman–Crippen MR) is 133 cm³/mol. The van der Waals surface area contributed by atoms with Crippen LogP contribution in [0, 0.1) is 0 Å². The minimum atomic E-state index is -0.360. The summed E-state index contributed by atoms with van der Waals surface area (Å²) in [5, 5.41) is 2.86. The van der Waals surface area contributed by atoms with Crippen LogP contribution in [0.15, 0.2) is 47.6 Å². The van der Waals surface area contributed by atoms with E-state index in [1.165, 1.54) is 11.3 Å². The number of thioether (sulfide) groups is 1. The first-order valence-corrected chi connectivity index (χ1v) is 11.9. The Morgan fingerprint density at radius 3 is 2.61 bits per heavy atom. The highest BCUT2D eigenvalue weighted by Crippen LogP contribution is 2.32. The molecule has 2 saturated heterocycles. The van der Waals surface area contributed by atoms with Crippen molar-refractivity contribution in [1.29, 1.82) is 0 Å². The van der Waals surface area contributed by atoms with E-state index < -0.39 is 0 Å². The maximum Gasteiger partial charge on any atom is 0.290 e. The number of imide groups is 1. The first kappa shape index (κ1) is 21.6. The van der Waals surface area contributed by atoms with E-state index in [2.05, 4.69) is 57.3 Å². The molecule has 0 saturated carbocycles. The van der Waals surface area contributed by atoms with Crippen molar-refractivity contribution in [3.8, 4) is 11.3 Å². The van der Waals surface area contributed by atoms with E-state index in [0.29, 0.717) is 4.91 Å². The average molecular weight is 460 g/mol. The number of hydrogen-bond donors (Lipinski definition) is 1. The summed E-state index contributed by atoms with van der Waals surface area (Å²) in [6.07, 6.45) is 4.26. The monoisotopic (exact) mass is 459 g/mol. The highest BCUT2D eigenvalue weighted by molar-refractivity contribution is 8.18. The van der Waals surface area contributed by atoms with Crippen molar-refractivity contribution in [3.05, 3.63) is 58.8 Å². The lowest BCUT2D eigenvalue weighted by Gasteiger charge is -2.35. The molecule has 0 unspecified atom stereocenters. The normalized spacial score (nSPS) is 18.4. The van der Waals surface area contributed by atoms with Crippen molar-refractivity contribution in [2.24, 2.45) is 0 Å². The Labute approximate surface area is 196 Å². The van der Waals surface area contributed by atoms with E-state index >= 15 is 0 Å². The zero-order valence-electron chi connectivity index (χ0n) is 18.7. The van der Waals surface area contributed by atoms with Crippen LogP contribution < -0.4 is 10.2 Å². The van der Waals surface area contributed by atoms with Crippen molar-refractivity contribution in [3.63, 3.8) is 0 Å². The Morgan fingerprint density at radius 1 is 1.06 bits per heavy atom. The smallest absolute Gasteiger partial charge is 0.290 e. The molecule has 8 heteroatoms. The van der Waals surface area contributed by atoms with Crippen molar-refractivity contribution in [2.45, 2.75) is 13.3 Å². The number of amides is 2. The number of piperazine rings is 1. The molecular weight excluding hydrogens is 434 g/mol. The van der Waals surface area contributed by atoms with E-state index in [9.17, 15) is 9.59 Å². The molecule has 2 aliphatic rings. The summed E-state index contributed by atoms with van der Waals surface area (Å²) in [5.41, 5.74) is 6.18. The summed E-state index contributed by atoms with van der Waals surface area (Å²) in [5.74, 6) is -0.360.